The Bertz CT molecular complexity index is 355. The van der Waals surface area contributed by atoms with Crippen molar-refractivity contribution in [1.82, 2.24) is 15.1 Å². The SMILES string of the molecule is CCCCCCCN(C)CN1C(=O)NC(C2CC2)C1=O. The summed E-state index contributed by atoms with van der Waals surface area (Å²) in [6.07, 6.45) is 8.31. The highest BCUT2D eigenvalue weighted by Gasteiger charge is 2.46. The number of carbonyl (C=O) groups is 2. The topological polar surface area (TPSA) is 52.6 Å². The van der Waals surface area contributed by atoms with Gasteiger partial charge in [0.05, 0.1) is 6.67 Å². The highest BCUT2D eigenvalue weighted by atomic mass is 16.2. The second-order valence-electron chi connectivity index (χ2n) is 6.17. The van der Waals surface area contributed by atoms with Gasteiger partial charge in [0.1, 0.15) is 6.04 Å². The fraction of sp³-hybridized carbons (Fsp3) is 0.867. The molecule has 0 bridgehead atoms. The molecule has 0 aromatic carbocycles. The van der Waals surface area contributed by atoms with Crippen molar-refractivity contribution in [2.75, 3.05) is 20.3 Å². The Labute approximate surface area is 121 Å². The van der Waals surface area contributed by atoms with Gasteiger partial charge in [-0.05, 0) is 38.8 Å². The van der Waals surface area contributed by atoms with Gasteiger partial charge >= 0.3 is 6.03 Å². The molecule has 1 aliphatic carbocycles. The van der Waals surface area contributed by atoms with E-state index >= 15 is 0 Å². The van der Waals surface area contributed by atoms with Crippen molar-refractivity contribution in [3.63, 3.8) is 0 Å². The van der Waals surface area contributed by atoms with Gasteiger partial charge < -0.3 is 5.32 Å². The third-order valence-electron chi connectivity index (χ3n) is 4.18. The van der Waals surface area contributed by atoms with E-state index in [0.717, 1.165) is 25.8 Å². The van der Waals surface area contributed by atoms with Gasteiger partial charge in [0.15, 0.2) is 0 Å². The summed E-state index contributed by atoms with van der Waals surface area (Å²) in [5.74, 6) is 0.353. The maximum Gasteiger partial charge on any atom is 0.325 e. The Morgan fingerprint density at radius 2 is 1.90 bits per heavy atom. The molecule has 3 amide bonds. The maximum atomic E-state index is 12.2. The van der Waals surface area contributed by atoms with Crippen LogP contribution < -0.4 is 5.32 Å². The maximum absolute atomic E-state index is 12.2. The van der Waals surface area contributed by atoms with E-state index in [4.69, 9.17) is 0 Å². The van der Waals surface area contributed by atoms with Crippen LogP contribution in [0, 0.1) is 5.92 Å². The van der Waals surface area contributed by atoms with Crippen LogP contribution in [-0.2, 0) is 4.79 Å². The lowest BCUT2D eigenvalue weighted by Crippen LogP contribution is -2.40. The second-order valence-corrected chi connectivity index (χ2v) is 6.17. The first-order valence-corrected chi connectivity index (χ1v) is 7.94. The molecule has 0 aromatic rings. The summed E-state index contributed by atoms with van der Waals surface area (Å²) in [7, 11) is 1.98. The van der Waals surface area contributed by atoms with Crippen molar-refractivity contribution < 1.29 is 9.59 Å². The fourth-order valence-electron chi connectivity index (χ4n) is 2.72. The lowest BCUT2D eigenvalue weighted by Gasteiger charge is -2.22. The van der Waals surface area contributed by atoms with Gasteiger partial charge in [-0.1, -0.05) is 32.6 Å². The molecule has 1 saturated carbocycles. The van der Waals surface area contributed by atoms with E-state index in [0.29, 0.717) is 12.6 Å². The Hall–Kier alpha value is -1.10. The molecule has 0 radical (unpaired) electrons. The lowest BCUT2D eigenvalue weighted by atomic mass is 10.1. The van der Waals surface area contributed by atoms with Crippen LogP contribution in [0.1, 0.15) is 51.9 Å². The average Bonchev–Trinajstić information content (AvgIpc) is 3.21. The number of amides is 3. The Morgan fingerprint density at radius 1 is 1.20 bits per heavy atom. The number of hydrogen-bond acceptors (Lipinski definition) is 3. The molecule has 2 aliphatic rings. The molecule has 5 heteroatoms. The standard InChI is InChI=1S/C15H27N3O2/c1-3-4-5-6-7-10-17(2)11-18-14(19)13(12-8-9-12)16-15(18)20/h12-13H,3-11H2,1-2H3,(H,16,20). The summed E-state index contributed by atoms with van der Waals surface area (Å²) in [6.45, 7) is 3.57. The summed E-state index contributed by atoms with van der Waals surface area (Å²) in [5, 5.41) is 2.82. The largest absolute Gasteiger partial charge is 0.325 e. The molecule has 2 fully saturated rings. The first-order chi connectivity index (χ1) is 9.63. The van der Waals surface area contributed by atoms with Gasteiger partial charge in [-0.2, -0.15) is 0 Å². The average molecular weight is 281 g/mol. The summed E-state index contributed by atoms with van der Waals surface area (Å²) < 4.78 is 0. The van der Waals surface area contributed by atoms with E-state index in [1.807, 2.05) is 7.05 Å². The molecule has 5 nitrogen and oxygen atoms in total. The Morgan fingerprint density at radius 3 is 2.55 bits per heavy atom. The van der Waals surface area contributed by atoms with E-state index in [1.54, 1.807) is 0 Å². The van der Waals surface area contributed by atoms with Crippen molar-refractivity contribution in [2.45, 2.75) is 57.9 Å². The molecule has 1 saturated heterocycles. The molecule has 1 atom stereocenters. The smallest absolute Gasteiger partial charge is 0.325 e. The Balaban J connectivity index is 1.69. The molecule has 1 N–H and O–H groups in total. The summed E-state index contributed by atoms with van der Waals surface area (Å²) in [5.41, 5.74) is 0. The molecule has 2 rings (SSSR count). The number of urea groups is 1. The van der Waals surface area contributed by atoms with E-state index in [2.05, 4.69) is 17.1 Å². The molecule has 20 heavy (non-hydrogen) atoms. The highest BCUT2D eigenvalue weighted by Crippen LogP contribution is 2.35. The van der Waals surface area contributed by atoms with Crippen LogP contribution in [0.3, 0.4) is 0 Å². The van der Waals surface area contributed by atoms with Crippen LogP contribution in [0.5, 0.6) is 0 Å². The molecule has 114 valence electrons. The van der Waals surface area contributed by atoms with Crippen molar-refractivity contribution in [3.05, 3.63) is 0 Å². The molecular weight excluding hydrogens is 254 g/mol. The number of rotatable bonds is 9. The zero-order chi connectivity index (χ0) is 14.5. The number of imide groups is 1. The van der Waals surface area contributed by atoms with Crippen molar-refractivity contribution >= 4 is 11.9 Å². The van der Waals surface area contributed by atoms with E-state index in [1.165, 1.54) is 30.6 Å². The zero-order valence-electron chi connectivity index (χ0n) is 12.7. The van der Waals surface area contributed by atoms with Crippen LogP contribution in [0.15, 0.2) is 0 Å². The summed E-state index contributed by atoms with van der Waals surface area (Å²) in [6, 6.07) is -0.467. The first-order valence-electron chi connectivity index (χ1n) is 7.94. The summed E-state index contributed by atoms with van der Waals surface area (Å²) >= 11 is 0. The van der Waals surface area contributed by atoms with Crippen LogP contribution in [0.2, 0.25) is 0 Å². The van der Waals surface area contributed by atoms with Gasteiger partial charge in [-0.3, -0.25) is 9.69 Å². The predicted octanol–water partition coefficient (Wildman–Crippen LogP) is 2.18. The van der Waals surface area contributed by atoms with Crippen LogP contribution in [0.25, 0.3) is 0 Å². The second kappa shape index (κ2) is 7.07. The molecule has 0 aromatic heterocycles. The van der Waals surface area contributed by atoms with Crippen LogP contribution in [0.4, 0.5) is 4.79 Å². The van der Waals surface area contributed by atoms with E-state index in [-0.39, 0.29) is 18.0 Å². The third kappa shape index (κ3) is 3.95. The van der Waals surface area contributed by atoms with Crippen molar-refractivity contribution in [2.24, 2.45) is 5.92 Å². The fourth-order valence-corrected chi connectivity index (χ4v) is 2.72. The molecule has 1 aliphatic heterocycles. The first kappa shape index (κ1) is 15.3. The number of unbranched alkanes of at least 4 members (excludes halogenated alkanes) is 4. The number of nitrogens with zero attached hydrogens (tertiary/aromatic N) is 2. The number of nitrogens with one attached hydrogen (secondary N) is 1. The van der Waals surface area contributed by atoms with Crippen LogP contribution >= 0.6 is 0 Å². The van der Waals surface area contributed by atoms with E-state index in [9.17, 15) is 9.59 Å². The van der Waals surface area contributed by atoms with Crippen LogP contribution in [-0.4, -0.2) is 48.0 Å². The minimum Gasteiger partial charge on any atom is -0.325 e. The van der Waals surface area contributed by atoms with Gasteiger partial charge in [0.2, 0.25) is 0 Å². The third-order valence-corrected chi connectivity index (χ3v) is 4.18. The number of hydrogen-bond donors (Lipinski definition) is 1. The monoisotopic (exact) mass is 281 g/mol. The quantitative estimate of drug-likeness (QED) is 0.520. The van der Waals surface area contributed by atoms with Crippen molar-refractivity contribution in [3.8, 4) is 0 Å². The van der Waals surface area contributed by atoms with Gasteiger partial charge in [0, 0.05) is 0 Å². The van der Waals surface area contributed by atoms with Crippen molar-refractivity contribution in [1.29, 1.82) is 0 Å². The highest BCUT2D eigenvalue weighted by molar-refractivity contribution is 6.04. The normalized spacial score (nSPS) is 22.8. The van der Waals surface area contributed by atoms with Gasteiger partial charge in [-0.15, -0.1) is 0 Å². The Kier molecular flexibility index (Phi) is 5.40. The molecule has 1 heterocycles. The number of carbonyl (C=O) groups excluding carboxylic acids is 2. The minimum absolute atomic E-state index is 0.0321. The van der Waals surface area contributed by atoms with Gasteiger partial charge in [-0.25, -0.2) is 9.69 Å². The molecule has 1 unspecified atom stereocenters. The molecular formula is C15H27N3O2. The summed E-state index contributed by atoms with van der Waals surface area (Å²) in [4.78, 5) is 27.4. The lowest BCUT2D eigenvalue weighted by molar-refractivity contribution is -0.129. The zero-order valence-corrected chi connectivity index (χ0v) is 12.7. The minimum atomic E-state index is -0.250. The predicted molar refractivity (Wildman–Crippen MR) is 78.1 cm³/mol. The molecule has 0 spiro atoms. The van der Waals surface area contributed by atoms with Gasteiger partial charge in [0.25, 0.3) is 5.91 Å². The van der Waals surface area contributed by atoms with E-state index < -0.39 is 0 Å².